The fraction of sp³-hybridized carbons (Fsp3) is 0.459. The predicted octanol–water partition coefficient (Wildman–Crippen LogP) is 2.44. The van der Waals surface area contributed by atoms with Crippen molar-refractivity contribution in [3.63, 3.8) is 0 Å². The second-order valence-corrected chi connectivity index (χ2v) is 14.4. The molecule has 0 saturated carbocycles. The molecule has 8 rings (SSSR count). The number of rotatable bonds is 8. The SMILES string of the molecule is CC(C)c1cc(C(=O)N2Cc3ccc(CN4CCN(C5CN(c6nc(-c7cnc(N)nc7)nc(N7CCOCC7)n6)C5)CC4)cc3C2)c(O)cc1O. The van der Waals surface area contributed by atoms with Crippen molar-refractivity contribution in [1.82, 2.24) is 39.6 Å². The van der Waals surface area contributed by atoms with Gasteiger partial charge in [0, 0.05) is 96.5 Å². The molecular formula is C37H45N11O4. The van der Waals surface area contributed by atoms with Crippen LogP contribution in [-0.4, -0.2) is 127 Å². The van der Waals surface area contributed by atoms with E-state index < -0.39 is 0 Å². The van der Waals surface area contributed by atoms with E-state index in [4.69, 9.17) is 25.4 Å². The number of carbonyl (C=O) groups is 1. The molecule has 15 nitrogen and oxygen atoms in total. The molecule has 1 amide bonds. The number of nitrogen functional groups attached to an aromatic ring is 1. The Morgan fingerprint density at radius 1 is 0.865 bits per heavy atom. The average Bonchev–Trinajstić information content (AvgIpc) is 3.56. The van der Waals surface area contributed by atoms with Crippen molar-refractivity contribution < 1.29 is 19.7 Å². The fourth-order valence-corrected chi connectivity index (χ4v) is 7.46. The van der Waals surface area contributed by atoms with Gasteiger partial charge in [0.05, 0.1) is 24.3 Å². The van der Waals surface area contributed by atoms with Crippen molar-refractivity contribution >= 4 is 23.8 Å². The molecule has 4 aliphatic heterocycles. The minimum atomic E-state index is -0.229. The topological polar surface area (TPSA) is 173 Å². The Morgan fingerprint density at radius 3 is 2.27 bits per heavy atom. The molecule has 3 saturated heterocycles. The maximum atomic E-state index is 13.4. The van der Waals surface area contributed by atoms with E-state index in [0.29, 0.717) is 61.2 Å². The number of carbonyl (C=O) groups excluding carboxylic acids is 1. The number of aromatic nitrogens is 5. The lowest BCUT2D eigenvalue weighted by molar-refractivity contribution is 0.0748. The molecule has 0 unspecified atom stereocenters. The number of phenolic OH excluding ortho intramolecular Hbond substituents is 2. The zero-order valence-corrected chi connectivity index (χ0v) is 29.6. The van der Waals surface area contributed by atoms with Crippen LogP contribution in [0.1, 0.15) is 52.4 Å². The highest BCUT2D eigenvalue weighted by Crippen LogP contribution is 2.35. The molecule has 2 aromatic carbocycles. The van der Waals surface area contributed by atoms with Crippen LogP contribution in [0.4, 0.5) is 17.8 Å². The summed E-state index contributed by atoms with van der Waals surface area (Å²) in [4.78, 5) is 47.4. The Labute approximate surface area is 302 Å². The number of anilines is 3. The van der Waals surface area contributed by atoms with E-state index in [0.717, 1.165) is 70.0 Å². The van der Waals surface area contributed by atoms with Crippen LogP contribution in [0.5, 0.6) is 11.5 Å². The van der Waals surface area contributed by atoms with Gasteiger partial charge in [0.25, 0.3) is 5.91 Å². The van der Waals surface area contributed by atoms with Crippen LogP contribution in [0.2, 0.25) is 0 Å². The lowest BCUT2D eigenvalue weighted by Gasteiger charge is -2.48. The Bertz CT molecular complexity index is 1940. The molecule has 272 valence electrons. The molecule has 0 aliphatic carbocycles. The van der Waals surface area contributed by atoms with Gasteiger partial charge in [0.1, 0.15) is 11.5 Å². The molecule has 15 heteroatoms. The van der Waals surface area contributed by atoms with Gasteiger partial charge in [-0.25, -0.2) is 9.97 Å². The summed E-state index contributed by atoms with van der Waals surface area (Å²) in [6.07, 6.45) is 3.30. The summed E-state index contributed by atoms with van der Waals surface area (Å²) in [5.41, 5.74) is 10.8. The summed E-state index contributed by atoms with van der Waals surface area (Å²) in [5.74, 6) is 1.65. The minimum absolute atomic E-state index is 0.00684. The molecule has 3 fully saturated rings. The van der Waals surface area contributed by atoms with Gasteiger partial charge in [-0.2, -0.15) is 15.0 Å². The van der Waals surface area contributed by atoms with E-state index in [2.05, 4.69) is 47.8 Å². The number of ether oxygens (including phenoxy) is 1. The zero-order chi connectivity index (χ0) is 35.9. The van der Waals surface area contributed by atoms with E-state index in [9.17, 15) is 15.0 Å². The molecule has 4 aromatic rings. The van der Waals surface area contributed by atoms with Crippen molar-refractivity contribution in [3.05, 3.63) is 70.5 Å². The van der Waals surface area contributed by atoms with E-state index in [-0.39, 0.29) is 34.8 Å². The third-order valence-electron chi connectivity index (χ3n) is 10.6. The fourth-order valence-electron chi connectivity index (χ4n) is 7.46. The number of nitrogens with two attached hydrogens (primary N) is 1. The second kappa shape index (κ2) is 14.1. The first-order valence-electron chi connectivity index (χ1n) is 18.0. The highest BCUT2D eigenvalue weighted by atomic mass is 16.5. The lowest BCUT2D eigenvalue weighted by Crippen LogP contribution is -2.63. The van der Waals surface area contributed by atoms with Crippen molar-refractivity contribution in [2.24, 2.45) is 0 Å². The number of piperazine rings is 1. The molecule has 0 spiro atoms. The monoisotopic (exact) mass is 707 g/mol. The van der Waals surface area contributed by atoms with Gasteiger partial charge in [-0.05, 0) is 34.2 Å². The quantitative estimate of drug-likeness (QED) is 0.244. The first-order chi connectivity index (χ1) is 25.2. The number of hydrogen-bond donors (Lipinski definition) is 3. The van der Waals surface area contributed by atoms with Gasteiger partial charge >= 0.3 is 0 Å². The number of morpholine rings is 1. The van der Waals surface area contributed by atoms with Crippen LogP contribution >= 0.6 is 0 Å². The van der Waals surface area contributed by atoms with Crippen molar-refractivity contribution in [1.29, 1.82) is 0 Å². The van der Waals surface area contributed by atoms with Crippen LogP contribution in [0, 0.1) is 0 Å². The molecule has 0 bridgehead atoms. The summed E-state index contributed by atoms with van der Waals surface area (Å²) < 4.78 is 5.55. The number of hydrogen-bond acceptors (Lipinski definition) is 14. The Kier molecular flexibility index (Phi) is 9.23. The minimum Gasteiger partial charge on any atom is -0.508 e. The van der Waals surface area contributed by atoms with Gasteiger partial charge in [-0.1, -0.05) is 32.0 Å². The summed E-state index contributed by atoms with van der Waals surface area (Å²) in [5, 5.41) is 20.7. The maximum absolute atomic E-state index is 13.4. The molecule has 4 aliphatic rings. The number of benzene rings is 2. The predicted molar refractivity (Wildman–Crippen MR) is 195 cm³/mol. The van der Waals surface area contributed by atoms with Crippen LogP contribution in [0.15, 0.2) is 42.7 Å². The van der Waals surface area contributed by atoms with Crippen molar-refractivity contribution in [2.75, 3.05) is 81.1 Å². The van der Waals surface area contributed by atoms with Gasteiger partial charge in [0.15, 0.2) is 5.82 Å². The number of phenols is 2. The van der Waals surface area contributed by atoms with E-state index >= 15 is 0 Å². The van der Waals surface area contributed by atoms with E-state index in [1.165, 1.54) is 11.6 Å². The average molecular weight is 708 g/mol. The summed E-state index contributed by atoms with van der Waals surface area (Å²) in [6.45, 7) is 14.1. The summed E-state index contributed by atoms with van der Waals surface area (Å²) in [6, 6.07) is 9.85. The molecule has 0 radical (unpaired) electrons. The highest BCUT2D eigenvalue weighted by molar-refractivity contribution is 5.97. The van der Waals surface area contributed by atoms with Crippen LogP contribution < -0.4 is 15.5 Å². The third-order valence-corrected chi connectivity index (χ3v) is 10.6. The first-order valence-corrected chi connectivity index (χ1v) is 18.0. The highest BCUT2D eigenvalue weighted by Gasteiger charge is 2.36. The van der Waals surface area contributed by atoms with E-state index in [1.54, 1.807) is 23.4 Å². The lowest BCUT2D eigenvalue weighted by atomic mass is 9.98. The number of aromatic hydroxyl groups is 2. The Hall–Kier alpha value is -5.12. The smallest absolute Gasteiger partial charge is 0.258 e. The maximum Gasteiger partial charge on any atom is 0.258 e. The van der Waals surface area contributed by atoms with Gasteiger partial charge in [-0.15, -0.1) is 0 Å². The van der Waals surface area contributed by atoms with Crippen molar-refractivity contribution in [2.45, 2.75) is 45.4 Å². The van der Waals surface area contributed by atoms with Gasteiger partial charge < -0.3 is 35.4 Å². The normalized spacial score (nSPS) is 18.6. The summed E-state index contributed by atoms with van der Waals surface area (Å²) in [7, 11) is 0. The van der Waals surface area contributed by atoms with Crippen molar-refractivity contribution in [3.8, 4) is 22.9 Å². The summed E-state index contributed by atoms with van der Waals surface area (Å²) >= 11 is 0. The van der Waals surface area contributed by atoms with Gasteiger partial charge in [0.2, 0.25) is 17.8 Å². The van der Waals surface area contributed by atoms with Crippen LogP contribution in [0.3, 0.4) is 0 Å². The zero-order valence-electron chi connectivity index (χ0n) is 29.6. The molecule has 0 atom stereocenters. The first kappa shape index (κ1) is 34.0. The largest absolute Gasteiger partial charge is 0.508 e. The number of amides is 1. The number of nitrogens with zero attached hydrogens (tertiary/aromatic N) is 10. The molecule has 4 N–H and O–H groups in total. The standard InChI is InChI=1S/C37H45N11O4/c1-23(2)29-14-30(32(50)15-31(29)49)34(51)47-19-25-4-3-24(13-26(25)20-47)18-44-5-7-45(8-6-44)28-21-48(22-28)37-42-33(27-16-39-35(38)40-17-27)41-36(43-37)46-9-11-52-12-10-46/h3-4,13-17,23,28,49-50H,5-12,18-22H2,1-2H3,(H2,38,39,40). The molecular weight excluding hydrogens is 662 g/mol. The van der Waals surface area contributed by atoms with E-state index in [1.807, 2.05) is 13.8 Å². The molecule has 52 heavy (non-hydrogen) atoms. The number of fused-ring (bicyclic) bond motifs is 1. The Balaban J connectivity index is 0.859. The van der Waals surface area contributed by atoms with Gasteiger partial charge in [-0.3, -0.25) is 14.6 Å². The van der Waals surface area contributed by atoms with Crippen LogP contribution in [-0.2, 0) is 24.4 Å². The second-order valence-electron chi connectivity index (χ2n) is 14.4. The Morgan fingerprint density at radius 2 is 1.56 bits per heavy atom. The molecule has 6 heterocycles. The molecule has 2 aromatic heterocycles. The van der Waals surface area contributed by atoms with Crippen LogP contribution in [0.25, 0.3) is 11.4 Å². The third kappa shape index (κ3) is 6.90.